The van der Waals surface area contributed by atoms with Crippen LogP contribution < -0.4 is 0 Å². The number of piperidine rings is 1. The second-order valence-corrected chi connectivity index (χ2v) is 4.00. The number of methoxy groups -OCH3 is 1. The van der Waals surface area contributed by atoms with Gasteiger partial charge in [0.25, 0.3) is 0 Å². The molecule has 0 saturated carbocycles. The summed E-state index contributed by atoms with van der Waals surface area (Å²) in [5.74, 6) is -0.0756. The summed E-state index contributed by atoms with van der Waals surface area (Å²) in [4.78, 5) is 13.8. The van der Waals surface area contributed by atoms with E-state index in [0.717, 1.165) is 38.8 Å². The molecule has 0 aromatic rings. The van der Waals surface area contributed by atoms with Crippen LogP contribution in [0.5, 0.6) is 0 Å². The highest BCUT2D eigenvalue weighted by molar-refractivity contribution is 5.75. The summed E-state index contributed by atoms with van der Waals surface area (Å²) < 4.78 is 4.83. The van der Waals surface area contributed by atoms with Gasteiger partial charge in [-0.15, -0.1) is 6.58 Å². The summed E-state index contributed by atoms with van der Waals surface area (Å²) in [7, 11) is 1.47. The minimum absolute atomic E-state index is 0.00596. The van der Waals surface area contributed by atoms with Crippen molar-refractivity contribution in [2.45, 2.75) is 38.1 Å². The average molecular weight is 211 g/mol. The molecule has 1 saturated heterocycles. The van der Waals surface area contributed by atoms with Gasteiger partial charge in [0, 0.05) is 0 Å². The molecular weight excluding hydrogens is 190 g/mol. The van der Waals surface area contributed by atoms with Gasteiger partial charge in [-0.1, -0.05) is 12.5 Å². The maximum absolute atomic E-state index is 11.5. The van der Waals surface area contributed by atoms with Crippen molar-refractivity contribution < 1.29 is 9.53 Å². The molecule has 0 bridgehead atoms. The fourth-order valence-corrected chi connectivity index (χ4v) is 2.10. The number of carbonyl (C=O) groups excluding carboxylic acids is 1. The lowest BCUT2D eigenvalue weighted by Crippen LogP contribution is -2.45. The second-order valence-electron chi connectivity index (χ2n) is 4.00. The van der Waals surface area contributed by atoms with Gasteiger partial charge in [0.05, 0.1) is 7.11 Å². The van der Waals surface area contributed by atoms with Crippen LogP contribution in [-0.4, -0.2) is 37.1 Å². The molecule has 1 heterocycles. The van der Waals surface area contributed by atoms with Gasteiger partial charge in [-0.2, -0.15) is 0 Å². The van der Waals surface area contributed by atoms with Crippen LogP contribution in [0.15, 0.2) is 12.7 Å². The van der Waals surface area contributed by atoms with Crippen molar-refractivity contribution in [1.82, 2.24) is 4.90 Å². The highest BCUT2D eigenvalue weighted by Gasteiger charge is 2.28. The number of esters is 1. The normalized spacial score (nSPS) is 22.3. The van der Waals surface area contributed by atoms with E-state index in [1.165, 1.54) is 13.5 Å². The first-order valence-electron chi connectivity index (χ1n) is 5.72. The monoisotopic (exact) mass is 211 g/mol. The Hall–Kier alpha value is -0.830. The zero-order valence-corrected chi connectivity index (χ0v) is 9.58. The molecule has 0 unspecified atom stereocenters. The zero-order chi connectivity index (χ0) is 11.1. The quantitative estimate of drug-likeness (QED) is 0.395. The Kier molecular flexibility index (Phi) is 5.40. The van der Waals surface area contributed by atoms with Gasteiger partial charge >= 0.3 is 5.97 Å². The molecular formula is C12H21NO2. The summed E-state index contributed by atoms with van der Waals surface area (Å²) in [6.45, 7) is 5.71. The van der Waals surface area contributed by atoms with Crippen molar-refractivity contribution in [3.8, 4) is 0 Å². The van der Waals surface area contributed by atoms with E-state index in [1.807, 2.05) is 6.08 Å². The molecule has 0 N–H and O–H groups in total. The molecule has 0 amide bonds. The molecule has 15 heavy (non-hydrogen) atoms. The number of hydrogen-bond acceptors (Lipinski definition) is 3. The zero-order valence-electron chi connectivity index (χ0n) is 9.58. The minimum atomic E-state index is -0.0756. The molecule has 0 spiro atoms. The third-order valence-corrected chi connectivity index (χ3v) is 2.94. The summed E-state index contributed by atoms with van der Waals surface area (Å²) in [5, 5.41) is 0. The lowest BCUT2D eigenvalue weighted by Gasteiger charge is -2.33. The first kappa shape index (κ1) is 12.2. The minimum Gasteiger partial charge on any atom is -0.468 e. The molecule has 86 valence electrons. The Balaban J connectivity index is 2.42. The third kappa shape index (κ3) is 3.67. The summed E-state index contributed by atoms with van der Waals surface area (Å²) in [6, 6.07) is -0.00596. The molecule has 0 aromatic heterocycles. The maximum Gasteiger partial charge on any atom is 0.323 e. The van der Waals surface area contributed by atoms with Crippen molar-refractivity contribution in [1.29, 1.82) is 0 Å². The van der Waals surface area contributed by atoms with Gasteiger partial charge in [0.2, 0.25) is 0 Å². The first-order chi connectivity index (χ1) is 7.29. The second kappa shape index (κ2) is 6.62. The van der Waals surface area contributed by atoms with Crippen LogP contribution in [0.25, 0.3) is 0 Å². The maximum atomic E-state index is 11.5. The predicted octanol–water partition coefficient (Wildman–Crippen LogP) is 1.98. The smallest absolute Gasteiger partial charge is 0.323 e. The Morgan fingerprint density at radius 3 is 3.07 bits per heavy atom. The van der Waals surface area contributed by atoms with E-state index in [9.17, 15) is 4.79 Å². The van der Waals surface area contributed by atoms with E-state index in [4.69, 9.17) is 4.74 Å². The van der Waals surface area contributed by atoms with E-state index < -0.39 is 0 Å². The van der Waals surface area contributed by atoms with Crippen LogP contribution in [-0.2, 0) is 9.53 Å². The van der Waals surface area contributed by atoms with Crippen molar-refractivity contribution in [3.05, 3.63) is 12.7 Å². The number of ether oxygens (including phenoxy) is 1. The number of nitrogens with zero attached hydrogens (tertiary/aromatic N) is 1. The van der Waals surface area contributed by atoms with Crippen LogP contribution in [0.3, 0.4) is 0 Å². The first-order valence-corrected chi connectivity index (χ1v) is 5.72. The van der Waals surface area contributed by atoms with Gasteiger partial charge in [0.1, 0.15) is 6.04 Å². The van der Waals surface area contributed by atoms with Crippen LogP contribution in [0, 0.1) is 0 Å². The molecule has 1 fully saturated rings. The lowest BCUT2D eigenvalue weighted by molar-refractivity contribution is -0.148. The Morgan fingerprint density at radius 2 is 2.40 bits per heavy atom. The van der Waals surface area contributed by atoms with Gasteiger partial charge in [-0.25, -0.2) is 0 Å². The van der Waals surface area contributed by atoms with Crippen LogP contribution in [0.4, 0.5) is 0 Å². The van der Waals surface area contributed by atoms with Gasteiger partial charge in [-0.05, 0) is 38.8 Å². The van der Waals surface area contributed by atoms with Gasteiger partial charge in [0.15, 0.2) is 0 Å². The summed E-state index contributed by atoms with van der Waals surface area (Å²) in [6.07, 6.45) is 7.30. The highest BCUT2D eigenvalue weighted by atomic mass is 16.5. The van der Waals surface area contributed by atoms with E-state index in [2.05, 4.69) is 11.5 Å². The molecule has 3 heteroatoms. The Labute approximate surface area is 92.1 Å². The van der Waals surface area contributed by atoms with E-state index in [1.54, 1.807) is 0 Å². The standard InChI is InChI=1S/C12H21NO2/c1-3-4-6-9-13-10-7-5-8-11(13)12(14)15-2/h3,11H,1,4-10H2,2H3/t11-/m1/s1. The topological polar surface area (TPSA) is 29.5 Å². The molecule has 3 nitrogen and oxygen atoms in total. The summed E-state index contributed by atoms with van der Waals surface area (Å²) >= 11 is 0. The van der Waals surface area contributed by atoms with E-state index >= 15 is 0 Å². The predicted molar refractivity (Wildman–Crippen MR) is 60.7 cm³/mol. The van der Waals surface area contributed by atoms with Crippen LogP contribution in [0.2, 0.25) is 0 Å². The highest BCUT2D eigenvalue weighted by Crippen LogP contribution is 2.18. The van der Waals surface area contributed by atoms with Gasteiger partial charge in [-0.3, -0.25) is 9.69 Å². The molecule has 0 aromatic carbocycles. The lowest BCUT2D eigenvalue weighted by atomic mass is 10.0. The molecule has 1 aliphatic heterocycles. The van der Waals surface area contributed by atoms with Crippen molar-refractivity contribution in [2.75, 3.05) is 20.2 Å². The summed E-state index contributed by atoms with van der Waals surface area (Å²) in [5.41, 5.74) is 0. The van der Waals surface area contributed by atoms with E-state index in [-0.39, 0.29) is 12.0 Å². The van der Waals surface area contributed by atoms with E-state index in [0.29, 0.717) is 0 Å². The van der Waals surface area contributed by atoms with Gasteiger partial charge < -0.3 is 4.74 Å². The number of likely N-dealkylation sites (tertiary alicyclic amines) is 1. The Bertz CT molecular complexity index is 216. The number of allylic oxidation sites excluding steroid dienone is 1. The fraction of sp³-hybridized carbons (Fsp3) is 0.750. The number of hydrogen-bond donors (Lipinski definition) is 0. The molecule has 1 rings (SSSR count). The van der Waals surface area contributed by atoms with Crippen molar-refractivity contribution in [2.24, 2.45) is 0 Å². The molecule has 1 atom stereocenters. The number of unbranched alkanes of at least 4 members (excludes halogenated alkanes) is 1. The third-order valence-electron chi connectivity index (χ3n) is 2.94. The van der Waals surface area contributed by atoms with Crippen LogP contribution >= 0.6 is 0 Å². The van der Waals surface area contributed by atoms with Crippen molar-refractivity contribution in [3.63, 3.8) is 0 Å². The number of carbonyl (C=O) groups is 1. The SMILES string of the molecule is C=CCCCN1CCCC[C@@H]1C(=O)OC. The molecule has 0 radical (unpaired) electrons. The molecule has 0 aliphatic carbocycles. The molecule has 1 aliphatic rings. The van der Waals surface area contributed by atoms with Crippen molar-refractivity contribution >= 4 is 5.97 Å². The fourth-order valence-electron chi connectivity index (χ4n) is 2.10. The van der Waals surface area contributed by atoms with Crippen LogP contribution in [0.1, 0.15) is 32.1 Å². The average Bonchev–Trinajstić information content (AvgIpc) is 2.29. The largest absolute Gasteiger partial charge is 0.468 e. The number of rotatable bonds is 5. The Morgan fingerprint density at radius 1 is 1.60 bits per heavy atom.